The number of nitrogens with zero attached hydrogens (tertiary/aromatic N) is 3. The van der Waals surface area contributed by atoms with Crippen molar-refractivity contribution in [2.75, 3.05) is 13.2 Å². The quantitative estimate of drug-likeness (QED) is 0.283. The Bertz CT molecular complexity index is 877. The smallest absolute Gasteiger partial charge is 0.356 e. The summed E-state index contributed by atoms with van der Waals surface area (Å²) in [6.07, 6.45) is 1.14. The van der Waals surface area contributed by atoms with Crippen molar-refractivity contribution in [2.24, 2.45) is 0 Å². The number of esters is 2. The molecule has 1 N–H and O–H groups in total. The van der Waals surface area contributed by atoms with Gasteiger partial charge >= 0.3 is 17.8 Å². The Balaban J connectivity index is 2.29. The second kappa shape index (κ2) is 9.97. The van der Waals surface area contributed by atoms with Gasteiger partial charge in [-0.2, -0.15) is 0 Å². The van der Waals surface area contributed by atoms with Gasteiger partial charge in [0.2, 0.25) is 11.7 Å². The summed E-state index contributed by atoms with van der Waals surface area (Å²) in [4.78, 5) is 51.1. The number of hydrogen-bond donors (Lipinski definition) is 1. The molecule has 29 heavy (non-hydrogen) atoms. The highest BCUT2D eigenvalue weighted by Crippen LogP contribution is 2.19. The van der Waals surface area contributed by atoms with E-state index in [0.717, 1.165) is 11.9 Å². The number of hydrogen-bond acceptors (Lipinski definition) is 8. The zero-order chi connectivity index (χ0) is 21.4. The first kappa shape index (κ1) is 21.5. The molecule has 1 amide bonds. The van der Waals surface area contributed by atoms with E-state index in [1.807, 2.05) is 0 Å². The summed E-state index contributed by atoms with van der Waals surface area (Å²) in [6.45, 7) is 3.10. The van der Waals surface area contributed by atoms with Crippen LogP contribution in [0.25, 0.3) is 0 Å². The van der Waals surface area contributed by atoms with Crippen LogP contribution in [0, 0.1) is 10.1 Å². The molecule has 0 fully saturated rings. The van der Waals surface area contributed by atoms with E-state index in [1.165, 1.54) is 18.4 Å². The molecule has 0 bridgehead atoms. The van der Waals surface area contributed by atoms with Crippen LogP contribution in [0.3, 0.4) is 0 Å². The molecule has 0 radical (unpaired) electrons. The first-order valence-electron chi connectivity index (χ1n) is 8.76. The molecule has 154 valence electrons. The van der Waals surface area contributed by atoms with Gasteiger partial charge in [-0.1, -0.05) is 30.3 Å². The monoisotopic (exact) mass is 404 g/mol. The second-order valence-electron chi connectivity index (χ2n) is 5.70. The predicted molar refractivity (Wildman–Crippen MR) is 98.9 cm³/mol. The van der Waals surface area contributed by atoms with E-state index >= 15 is 0 Å². The Morgan fingerprint density at radius 1 is 1.14 bits per heavy atom. The van der Waals surface area contributed by atoms with Crippen LogP contribution in [0.15, 0.2) is 36.7 Å². The first-order chi connectivity index (χ1) is 13.9. The van der Waals surface area contributed by atoms with Crippen molar-refractivity contribution in [3.05, 3.63) is 58.0 Å². The lowest BCUT2D eigenvalue weighted by Gasteiger charge is -2.15. The third kappa shape index (κ3) is 5.37. The van der Waals surface area contributed by atoms with Crippen LogP contribution in [0.4, 0.5) is 5.82 Å². The van der Waals surface area contributed by atoms with Crippen molar-refractivity contribution in [1.82, 2.24) is 14.9 Å². The number of nitrogens with one attached hydrogen (secondary N) is 1. The standard InChI is InChI=1S/C18H20N4O7/c1-3-28-17(24)14(18(25)29-4-2)20-15(23)13-16(22(26)27)21(11-19-13)10-12-8-6-5-7-9-12/h5-9,11,14H,3-4,10H2,1-2H3,(H,20,23). The number of amides is 1. The van der Waals surface area contributed by atoms with Crippen LogP contribution in [-0.4, -0.2) is 51.6 Å². The van der Waals surface area contributed by atoms with E-state index in [0.29, 0.717) is 0 Å². The van der Waals surface area contributed by atoms with E-state index in [1.54, 1.807) is 30.3 Å². The third-order valence-corrected chi connectivity index (χ3v) is 3.71. The van der Waals surface area contributed by atoms with Crippen molar-refractivity contribution in [2.45, 2.75) is 26.4 Å². The van der Waals surface area contributed by atoms with E-state index in [2.05, 4.69) is 10.3 Å². The fourth-order valence-corrected chi connectivity index (χ4v) is 2.49. The average Bonchev–Trinajstić information content (AvgIpc) is 3.11. The molecule has 0 aliphatic heterocycles. The molecule has 0 saturated carbocycles. The molecular formula is C18H20N4O7. The molecule has 0 unspecified atom stereocenters. The third-order valence-electron chi connectivity index (χ3n) is 3.71. The van der Waals surface area contributed by atoms with Crippen molar-refractivity contribution < 1.29 is 28.8 Å². The first-order valence-corrected chi connectivity index (χ1v) is 8.76. The predicted octanol–water partition coefficient (Wildman–Crippen LogP) is 1.06. The summed E-state index contributed by atoms with van der Waals surface area (Å²) in [6, 6.07) is 7.11. The minimum absolute atomic E-state index is 0.0313. The van der Waals surface area contributed by atoms with Gasteiger partial charge in [0.1, 0.15) is 6.54 Å². The topological polar surface area (TPSA) is 143 Å². The molecule has 11 heteroatoms. The number of aromatic nitrogens is 2. The van der Waals surface area contributed by atoms with Gasteiger partial charge < -0.3 is 24.9 Å². The average molecular weight is 404 g/mol. The highest BCUT2D eigenvalue weighted by Gasteiger charge is 2.35. The van der Waals surface area contributed by atoms with Crippen molar-refractivity contribution in [3.8, 4) is 0 Å². The highest BCUT2D eigenvalue weighted by molar-refractivity contribution is 6.06. The molecule has 11 nitrogen and oxygen atoms in total. The van der Waals surface area contributed by atoms with Gasteiger partial charge in [0.15, 0.2) is 6.33 Å². The van der Waals surface area contributed by atoms with Crippen molar-refractivity contribution in [1.29, 1.82) is 0 Å². The summed E-state index contributed by atoms with van der Waals surface area (Å²) in [5, 5.41) is 13.6. The van der Waals surface area contributed by atoms with Gasteiger partial charge in [-0.05, 0) is 24.3 Å². The molecule has 0 atom stereocenters. The van der Waals surface area contributed by atoms with Crippen LogP contribution in [0.1, 0.15) is 29.9 Å². The summed E-state index contributed by atoms with van der Waals surface area (Å²) in [5.41, 5.74) is 0.223. The van der Waals surface area contributed by atoms with Crippen molar-refractivity contribution >= 4 is 23.7 Å². The maximum absolute atomic E-state index is 12.6. The highest BCUT2D eigenvalue weighted by atomic mass is 16.6. The Morgan fingerprint density at radius 3 is 2.24 bits per heavy atom. The van der Waals surface area contributed by atoms with Gasteiger partial charge in [-0.3, -0.25) is 4.79 Å². The molecule has 1 aromatic carbocycles. The van der Waals surface area contributed by atoms with Gasteiger partial charge in [0.05, 0.1) is 13.2 Å². The zero-order valence-electron chi connectivity index (χ0n) is 15.9. The minimum Gasteiger partial charge on any atom is -0.464 e. The van der Waals surface area contributed by atoms with Gasteiger partial charge in [-0.15, -0.1) is 0 Å². The maximum Gasteiger partial charge on any atom is 0.356 e. The molecule has 0 aliphatic rings. The Labute approximate surface area is 165 Å². The molecule has 2 rings (SSSR count). The van der Waals surface area contributed by atoms with Crippen LogP contribution in [-0.2, 0) is 25.6 Å². The van der Waals surface area contributed by atoms with Crippen LogP contribution < -0.4 is 5.32 Å². The number of carbonyl (C=O) groups is 3. The van der Waals surface area contributed by atoms with Crippen molar-refractivity contribution in [3.63, 3.8) is 0 Å². The second-order valence-corrected chi connectivity index (χ2v) is 5.70. The summed E-state index contributed by atoms with van der Waals surface area (Å²) in [5.74, 6) is -3.72. The number of nitro groups is 1. The largest absolute Gasteiger partial charge is 0.464 e. The lowest BCUT2D eigenvalue weighted by Crippen LogP contribution is -2.48. The molecule has 0 saturated heterocycles. The molecular weight excluding hydrogens is 384 g/mol. The Morgan fingerprint density at radius 2 is 1.72 bits per heavy atom. The number of imidazole rings is 1. The SMILES string of the molecule is CCOC(=O)C(NC(=O)c1ncn(Cc2ccccc2)c1[N+](=O)[O-])C(=O)OCC. The van der Waals surface area contributed by atoms with Gasteiger partial charge in [0.25, 0.3) is 5.91 Å². The summed E-state index contributed by atoms with van der Waals surface area (Å²) in [7, 11) is 0. The normalized spacial score (nSPS) is 10.4. The molecule has 0 aliphatic carbocycles. The number of carbonyl (C=O) groups excluding carboxylic acids is 3. The lowest BCUT2D eigenvalue weighted by molar-refractivity contribution is -0.392. The molecule has 1 aromatic heterocycles. The van der Waals surface area contributed by atoms with E-state index < -0.39 is 40.3 Å². The number of rotatable bonds is 9. The van der Waals surface area contributed by atoms with Crippen LogP contribution in [0.5, 0.6) is 0 Å². The van der Waals surface area contributed by atoms with E-state index in [4.69, 9.17) is 9.47 Å². The fourth-order valence-electron chi connectivity index (χ4n) is 2.49. The molecule has 0 spiro atoms. The Kier molecular flexibility index (Phi) is 7.40. The fraction of sp³-hybridized carbons (Fsp3) is 0.333. The maximum atomic E-state index is 12.6. The van der Waals surface area contributed by atoms with Crippen LogP contribution in [0.2, 0.25) is 0 Å². The van der Waals surface area contributed by atoms with E-state index in [-0.39, 0.29) is 19.8 Å². The summed E-state index contributed by atoms with van der Waals surface area (Å²) >= 11 is 0. The van der Waals surface area contributed by atoms with Crippen LogP contribution >= 0.6 is 0 Å². The minimum atomic E-state index is -1.76. The number of ether oxygens (including phenoxy) is 2. The molecule has 2 aromatic rings. The summed E-state index contributed by atoms with van der Waals surface area (Å²) < 4.78 is 10.7. The lowest BCUT2D eigenvalue weighted by atomic mass is 10.2. The van der Waals surface area contributed by atoms with Gasteiger partial charge in [0, 0.05) is 0 Å². The van der Waals surface area contributed by atoms with E-state index in [9.17, 15) is 24.5 Å². The number of benzene rings is 1. The zero-order valence-corrected chi connectivity index (χ0v) is 15.9. The molecule has 1 heterocycles. The van der Waals surface area contributed by atoms with Gasteiger partial charge in [-0.25, -0.2) is 19.1 Å². The Hall–Kier alpha value is -3.76.